The Morgan fingerprint density at radius 3 is 2.80 bits per heavy atom. The number of aryl methyl sites for hydroxylation is 1. The lowest BCUT2D eigenvalue weighted by atomic mass is 9.75. The van der Waals surface area contributed by atoms with E-state index < -0.39 is 0 Å². The van der Waals surface area contributed by atoms with E-state index in [1.165, 1.54) is 28.8 Å². The average molecular weight is 331 g/mol. The maximum Gasteiger partial charge on any atom is 0.0956 e. The molecule has 2 heterocycles. The standard InChI is InChI=1S/C22H25N3/c1-2-12-22(13-6-9-19-15-24-16-25(19)22)21-11-10-18(23)14-20(21)17-7-4-3-5-8-17/h3-5,7-8,10-11,14-16H,2,6,9,12-13,23H2,1H3. The van der Waals surface area contributed by atoms with E-state index in [0.29, 0.717) is 0 Å². The zero-order valence-electron chi connectivity index (χ0n) is 14.8. The molecular formula is C22H25N3. The van der Waals surface area contributed by atoms with Gasteiger partial charge in [0.25, 0.3) is 0 Å². The highest BCUT2D eigenvalue weighted by Crippen LogP contribution is 2.45. The second-order valence-corrected chi connectivity index (χ2v) is 7.06. The van der Waals surface area contributed by atoms with Gasteiger partial charge in [0.15, 0.2) is 0 Å². The Hall–Kier alpha value is -2.55. The van der Waals surface area contributed by atoms with Crippen molar-refractivity contribution in [3.63, 3.8) is 0 Å². The van der Waals surface area contributed by atoms with E-state index in [4.69, 9.17) is 5.73 Å². The van der Waals surface area contributed by atoms with Crippen LogP contribution < -0.4 is 5.73 Å². The summed E-state index contributed by atoms with van der Waals surface area (Å²) in [5.74, 6) is 0. The first-order chi connectivity index (χ1) is 12.2. The Morgan fingerprint density at radius 2 is 2.00 bits per heavy atom. The van der Waals surface area contributed by atoms with Gasteiger partial charge in [0.05, 0.1) is 11.9 Å². The quantitative estimate of drug-likeness (QED) is 0.683. The Labute approximate surface area is 149 Å². The highest BCUT2D eigenvalue weighted by atomic mass is 15.1. The first kappa shape index (κ1) is 15.9. The van der Waals surface area contributed by atoms with Crippen molar-refractivity contribution in [1.29, 1.82) is 0 Å². The number of imidazole rings is 1. The summed E-state index contributed by atoms with van der Waals surface area (Å²) >= 11 is 0. The van der Waals surface area contributed by atoms with E-state index in [0.717, 1.165) is 31.4 Å². The van der Waals surface area contributed by atoms with E-state index in [-0.39, 0.29) is 5.54 Å². The van der Waals surface area contributed by atoms with Crippen molar-refractivity contribution in [3.8, 4) is 11.1 Å². The number of fused-ring (bicyclic) bond motifs is 1. The molecule has 4 rings (SSSR count). The number of rotatable bonds is 4. The molecule has 25 heavy (non-hydrogen) atoms. The molecule has 3 heteroatoms. The number of nitrogens with two attached hydrogens (primary N) is 1. The fourth-order valence-electron chi connectivity index (χ4n) is 4.46. The summed E-state index contributed by atoms with van der Waals surface area (Å²) < 4.78 is 2.43. The smallest absolute Gasteiger partial charge is 0.0956 e. The summed E-state index contributed by atoms with van der Waals surface area (Å²) in [6.45, 7) is 2.27. The molecule has 1 atom stereocenters. The minimum absolute atomic E-state index is 0.0301. The van der Waals surface area contributed by atoms with Crippen LogP contribution in [0.1, 0.15) is 43.9 Å². The van der Waals surface area contributed by atoms with Crippen molar-refractivity contribution in [2.24, 2.45) is 0 Å². The number of hydrogen-bond donors (Lipinski definition) is 1. The predicted molar refractivity (Wildman–Crippen MR) is 103 cm³/mol. The van der Waals surface area contributed by atoms with Crippen LogP contribution in [0.15, 0.2) is 61.1 Å². The maximum atomic E-state index is 6.17. The van der Waals surface area contributed by atoms with Crippen molar-refractivity contribution in [2.45, 2.75) is 44.6 Å². The van der Waals surface area contributed by atoms with Gasteiger partial charge in [0, 0.05) is 17.6 Å². The molecule has 3 nitrogen and oxygen atoms in total. The van der Waals surface area contributed by atoms with Gasteiger partial charge in [0.2, 0.25) is 0 Å². The molecule has 0 aliphatic carbocycles. The third kappa shape index (κ3) is 2.64. The number of hydrogen-bond acceptors (Lipinski definition) is 2. The molecule has 0 saturated carbocycles. The molecule has 0 fully saturated rings. The number of anilines is 1. The molecule has 1 aliphatic rings. The highest BCUT2D eigenvalue weighted by Gasteiger charge is 2.38. The summed E-state index contributed by atoms with van der Waals surface area (Å²) in [4.78, 5) is 4.47. The second kappa shape index (κ2) is 6.40. The minimum atomic E-state index is -0.0301. The van der Waals surface area contributed by atoms with Crippen molar-refractivity contribution in [1.82, 2.24) is 9.55 Å². The van der Waals surface area contributed by atoms with Gasteiger partial charge in [-0.05, 0) is 54.5 Å². The molecule has 0 amide bonds. The average Bonchev–Trinajstić information content (AvgIpc) is 3.13. The molecule has 2 aromatic carbocycles. The number of benzene rings is 2. The fraction of sp³-hybridized carbons (Fsp3) is 0.318. The van der Waals surface area contributed by atoms with Crippen LogP contribution in [0.4, 0.5) is 5.69 Å². The van der Waals surface area contributed by atoms with Crippen LogP contribution in [0.25, 0.3) is 11.1 Å². The van der Waals surface area contributed by atoms with Gasteiger partial charge in [-0.25, -0.2) is 4.98 Å². The Morgan fingerprint density at radius 1 is 1.16 bits per heavy atom. The summed E-state index contributed by atoms with van der Waals surface area (Å²) in [6, 6.07) is 17.0. The molecule has 0 saturated heterocycles. The van der Waals surface area contributed by atoms with Gasteiger partial charge < -0.3 is 10.3 Å². The summed E-state index contributed by atoms with van der Waals surface area (Å²) in [5, 5.41) is 0. The molecule has 2 N–H and O–H groups in total. The molecule has 0 spiro atoms. The fourth-order valence-corrected chi connectivity index (χ4v) is 4.46. The lowest BCUT2D eigenvalue weighted by molar-refractivity contribution is 0.261. The molecule has 1 unspecified atom stereocenters. The van der Waals surface area contributed by atoms with Gasteiger partial charge in [-0.2, -0.15) is 0 Å². The van der Waals surface area contributed by atoms with E-state index in [1.54, 1.807) is 0 Å². The zero-order chi connectivity index (χ0) is 17.3. The normalized spacial score (nSPS) is 19.6. The molecule has 128 valence electrons. The summed E-state index contributed by atoms with van der Waals surface area (Å²) in [6.07, 6.45) is 9.76. The zero-order valence-corrected chi connectivity index (χ0v) is 14.8. The molecule has 3 aromatic rings. The van der Waals surface area contributed by atoms with Crippen molar-refractivity contribution >= 4 is 5.69 Å². The second-order valence-electron chi connectivity index (χ2n) is 7.06. The topological polar surface area (TPSA) is 43.8 Å². The van der Waals surface area contributed by atoms with Crippen LogP contribution in [0.2, 0.25) is 0 Å². The number of nitrogen functional groups attached to an aromatic ring is 1. The van der Waals surface area contributed by atoms with E-state index in [9.17, 15) is 0 Å². The Bertz CT molecular complexity index is 866. The van der Waals surface area contributed by atoms with Crippen molar-refractivity contribution in [2.75, 3.05) is 5.73 Å². The third-order valence-corrected chi connectivity index (χ3v) is 5.49. The lowest BCUT2D eigenvalue weighted by Gasteiger charge is -2.41. The number of aromatic nitrogens is 2. The SMILES string of the molecule is CCCC1(c2ccc(N)cc2-c2ccccc2)CCCc2cncn21. The van der Waals surface area contributed by atoms with Crippen LogP contribution in [-0.4, -0.2) is 9.55 Å². The molecular weight excluding hydrogens is 306 g/mol. The van der Waals surface area contributed by atoms with Crippen LogP contribution in [0.3, 0.4) is 0 Å². The molecule has 1 aliphatic heterocycles. The van der Waals surface area contributed by atoms with E-state index in [1.807, 2.05) is 18.6 Å². The van der Waals surface area contributed by atoms with Gasteiger partial charge in [-0.3, -0.25) is 0 Å². The minimum Gasteiger partial charge on any atom is -0.399 e. The van der Waals surface area contributed by atoms with E-state index in [2.05, 4.69) is 58.9 Å². The number of nitrogens with zero attached hydrogens (tertiary/aromatic N) is 2. The predicted octanol–water partition coefficient (Wildman–Crippen LogP) is 5.01. The monoisotopic (exact) mass is 331 g/mol. The van der Waals surface area contributed by atoms with Crippen LogP contribution >= 0.6 is 0 Å². The largest absolute Gasteiger partial charge is 0.399 e. The first-order valence-electron chi connectivity index (χ1n) is 9.22. The van der Waals surface area contributed by atoms with Crippen molar-refractivity contribution < 1.29 is 0 Å². The van der Waals surface area contributed by atoms with Crippen LogP contribution in [0, 0.1) is 0 Å². The van der Waals surface area contributed by atoms with E-state index >= 15 is 0 Å². The van der Waals surface area contributed by atoms with Gasteiger partial charge in [-0.15, -0.1) is 0 Å². The lowest BCUT2D eigenvalue weighted by Crippen LogP contribution is -2.39. The highest BCUT2D eigenvalue weighted by molar-refractivity contribution is 5.72. The Kier molecular flexibility index (Phi) is 4.08. The summed E-state index contributed by atoms with van der Waals surface area (Å²) in [5.41, 5.74) is 12.1. The third-order valence-electron chi connectivity index (χ3n) is 5.49. The van der Waals surface area contributed by atoms with Gasteiger partial charge >= 0.3 is 0 Å². The van der Waals surface area contributed by atoms with Crippen LogP contribution in [-0.2, 0) is 12.0 Å². The molecule has 0 radical (unpaired) electrons. The van der Waals surface area contributed by atoms with Crippen molar-refractivity contribution in [3.05, 3.63) is 72.3 Å². The summed E-state index contributed by atoms with van der Waals surface area (Å²) in [7, 11) is 0. The molecule has 0 bridgehead atoms. The first-order valence-corrected chi connectivity index (χ1v) is 9.22. The van der Waals surface area contributed by atoms with Gasteiger partial charge in [0.1, 0.15) is 0 Å². The van der Waals surface area contributed by atoms with Gasteiger partial charge in [-0.1, -0.05) is 49.7 Å². The molecule has 1 aromatic heterocycles. The Balaban J connectivity index is 1.97. The maximum absolute atomic E-state index is 6.17. The van der Waals surface area contributed by atoms with Crippen LogP contribution in [0.5, 0.6) is 0 Å².